The van der Waals surface area contributed by atoms with Crippen molar-refractivity contribution in [1.29, 1.82) is 0 Å². The van der Waals surface area contributed by atoms with E-state index in [1.165, 1.54) is 0 Å². The van der Waals surface area contributed by atoms with E-state index in [0.29, 0.717) is 11.9 Å². The van der Waals surface area contributed by atoms with E-state index in [2.05, 4.69) is 15.5 Å². The highest BCUT2D eigenvalue weighted by Crippen LogP contribution is 2.24. The van der Waals surface area contributed by atoms with Crippen LogP contribution in [0.3, 0.4) is 0 Å². The summed E-state index contributed by atoms with van der Waals surface area (Å²) in [5.74, 6) is 1.20. The molecular weight excluding hydrogens is 170 g/mol. The van der Waals surface area contributed by atoms with Gasteiger partial charge < -0.3 is 14.6 Å². The second-order valence-corrected chi connectivity index (χ2v) is 3.09. The van der Waals surface area contributed by atoms with Gasteiger partial charge in [0.2, 0.25) is 0 Å². The Labute approximate surface area is 76.5 Å². The number of anilines is 1. The van der Waals surface area contributed by atoms with Crippen LogP contribution in [0, 0.1) is 0 Å². The van der Waals surface area contributed by atoms with Gasteiger partial charge in [0.1, 0.15) is 0 Å². The third kappa shape index (κ3) is 1.80. The molecule has 0 aromatic carbocycles. The zero-order valence-corrected chi connectivity index (χ0v) is 7.62. The van der Waals surface area contributed by atoms with Crippen molar-refractivity contribution in [2.45, 2.75) is 18.8 Å². The first-order chi connectivity index (χ1) is 6.40. The predicted molar refractivity (Wildman–Crippen MR) is 46.6 cm³/mol. The SMILES string of the molecule is CNc1nc(C2CCOCC2)no1. The Morgan fingerprint density at radius 1 is 1.38 bits per heavy atom. The Morgan fingerprint density at radius 2 is 2.15 bits per heavy atom. The van der Waals surface area contributed by atoms with Gasteiger partial charge in [0.15, 0.2) is 5.82 Å². The van der Waals surface area contributed by atoms with Crippen LogP contribution in [0.15, 0.2) is 4.52 Å². The largest absolute Gasteiger partial charge is 0.381 e. The lowest BCUT2D eigenvalue weighted by Gasteiger charge is -2.18. The molecule has 1 aromatic rings. The Morgan fingerprint density at radius 3 is 2.77 bits per heavy atom. The van der Waals surface area contributed by atoms with Crippen molar-refractivity contribution in [3.05, 3.63) is 5.82 Å². The molecule has 0 amide bonds. The molecule has 5 nitrogen and oxygen atoms in total. The van der Waals surface area contributed by atoms with Crippen molar-refractivity contribution >= 4 is 6.01 Å². The molecule has 1 aliphatic heterocycles. The van der Waals surface area contributed by atoms with Gasteiger partial charge in [-0.15, -0.1) is 0 Å². The lowest BCUT2D eigenvalue weighted by molar-refractivity contribution is 0.0830. The maximum absolute atomic E-state index is 5.25. The first kappa shape index (κ1) is 8.50. The van der Waals surface area contributed by atoms with Crippen LogP contribution < -0.4 is 5.32 Å². The molecular formula is C8H13N3O2. The maximum atomic E-state index is 5.25. The summed E-state index contributed by atoms with van der Waals surface area (Å²) < 4.78 is 10.2. The lowest BCUT2D eigenvalue weighted by Crippen LogP contribution is -2.15. The number of rotatable bonds is 2. The summed E-state index contributed by atoms with van der Waals surface area (Å²) in [6, 6.07) is 0.487. The highest BCUT2D eigenvalue weighted by atomic mass is 16.5. The lowest BCUT2D eigenvalue weighted by atomic mass is 10.00. The fourth-order valence-electron chi connectivity index (χ4n) is 1.46. The quantitative estimate of drug-likeness (QED) is 0.741. The molecule has 1 fully saturated rings. The summed E-state index contributed by atoms with van der Waals surface area (Å²) in [7, 11) is 1.77. The Hall–Kier alpha value is -1.10. The molecule has 72 valence electrons. The molecule has 0 aliphatic carbocycles. The minimum atomic E-state index is 0.402. The Kier molecular flexibility index (Phi) is 2.44. The van der Waals surface area contributed by atoms with Crippen molar-refractivity contribution in [1.82, 2.24) is 10.1 Å². The molecule has 0 bridgehead atoms. The monoisotopic (exact) mass is 183 g/mol. The molecule has 0 radical (unpaired) electrons. The van der Waals surface area contributed by atoms with E-state index in [0.717, 1.165) is 31.9 Å². The van der Waals surface area contributed by atoms with E-state index in [1.54, 1.807) is 7.05 Å². The summed E-state index contributed by atoms with van der Waals surface area (Å²) >= 11 is 0. The number of ether oxygens (including phenoxy) is 1. The van der Waals surface area contributed by atoms with Gasteiger partial charge in [-0.2, -0.15) is 4.98 Å². The highest BCUT2D eigenvalue weighted by molar-refractivity contribution is 5.17. The number of nitrogens with zero attached hydrogens (tertiary/aromatic N) is 2. The van der Waals surface area contributed by atoms with Gasteiger partial charge in [-0.25, -0.2) is 0 Å². The Bertz CT molecular complexity index is 268. The zero-order chi connectivity index (χ0) is 9.10. The summed E-state index contributed by atoms with van der Waals surface area (Å²) in [6.45, 7) is 1.60. The average molecular weight is 183 g/mol. The topological polar surface area (TPSA) is 60.2 Å². The van der Waals surface area contributed by atoms with E-state index >= 15 is 0 Å². The third-order valence-corrected chi connectivity index (χ3v) is 2.24. The third-order valence-electron chi connectivity index (χ3n) is 2.24. The first-order valence-corrected chi connectivity index (χ1v) is 4.49. The molecule has 1 saturated heterocycles. The molecule has 13 heavy (non-hydrogen) atoms. The van der Waals surface area contributed by atoms with Crippen molar-refractivity contribution in [2.24, 2.45) is 0 Å². The molecule has 1 aliphatic rings. The van der Waals surface area contributed by atoms with Crippen LogP contribution in [0.1, 0.15) is 24.6 Å². The molecule has 0 unspecified atom stereocenters. The fourth-order valence-corrected chi connectivity index (χ4v) is 1.46. The van der Waals surface area contributed by atoms with Gasteiger partial charge in [0, 0.05) is 26.2 Å². The number of aromatic nitrogens is 2. The van der Waals surface area contributed by atoms with Crippen LogP contribution in [0.4, 0.5) is 6.01 Å². The average Bonchev–Trinajstić information content (AvgIpc) is 2.67. The standard InChI is InChI=1S/C8H13N3O2/c1-9-8-10-7(11-13-8)6-2-4-12-5-3-6/h6H,2-5H2,1H3,(H,9,10,11). The van der Waals surface area contributed by atoms with E-state index in [1.807, 2.05) is 0 Å². The van der Waals surface area contributed by atoms with Gasteiger partial charge in [-0.3, -0.25) is 0 Å². The normalized spacial score (nSPS) is 18.8. The molecule has 2 heterocycles. The Balaban J connectivity index is 2.05. The van der Waals surface area contributed by atoms with Crippen LogP contribution in [-0.2, 0) is 4.74 Å². The van der Waals surface area contributed by atoms with Gasteiger partial charge in [-0.05, 0) is 12.8 Å². The van der Waals surface area contributed by atoms with Crippen LogP contribution >= 0.6 is 0 Å². The van der Waals surface area contributed by atoms with Gasteiger partial charge in [0.05, 0.1) is 0 Å². The van der Waals surface area contributed by atoms with Crippen LogP contribution in [0.5, 0.6) is 0 Å². The second-order valence-electron chi connectivity index (χ2n) is 3.09. The molecule has 1 N–H and O–H groups in total. The van der Waals surface area contributed by atoms with E-state index in [4.69, 9.17) is 9.26 Å². The summed E-state index contributed by atoms with van der Waals surface area (Å²) in [5, 5.41) is 6.72. The molecule has 2 rings (SSSR count). The number of nitrogens with one attached hydrogen (secondary N) is 1. The zero-order valence-electron chi connectivity index (χ0n) is 7.62. The van der Waals surface area contributed by atoms with Crippen LogP contribution in [0.2, 0.25) is 0 Å². The van der Waals surface area contributed by atoms with Crippen molar-refractivity contribution in [2.75, 3.05) is 25.6 Å². The molecule has 0 atom stereocenters. The summed E-state index contributed by atoms with van der Waals surface area (Å²) in [6.07, 6.45) is 1.98. The van der Waals surface area contributed by atoms with Crippen LogP contribution in [0.25, 0.3) is 0 Å². The number of hydrogen-bond donors (Lipinski definition) is 1. The predicted octanol–water partition coefficient (Wildman–Crippen LogP) is 1.01. The molecule has 1 aromatic heterocycles. The second kappa shape index (κ2) is 3.74. The van der Waals surface area contributed by atoms with Crippen molar-refractivity contribution in [3.63, 3.8) is 0 Å². The molecule has 0 spiro atoms. The van der Waals surface area contributed by atoms with E-state index in [-0.39, 0.29) is 0 Å². The number of hydrogen-bond acceptors (Lipinski definition) is 5. The fraction of sp³-hybridized carbons (Fsp3) is 0.750. The molecule has 5 heteroatoms. The van der Waals surface area contributed by atoms with Gasteiger partial charge >= 0.3 is 6.01 Å². The first-order valence-electron chi connectivity index (χ1n) is 4.49. The van der Waals surface area contributed by atoms with Crippen LogP contribution in [-0.4, -0.2) is 30.4 Å². The van der Waals surface area contributed by atoms with Crippen molar-refractivity contribution in [3.8, 4) is 0 Å². The van der Waals surface area contributed by atoms with Gasteiger partial charge in [-0.1, -0.05) is 5.16 Å². The highest BCUT2D eigenvalue weighted by Gasteiger charge is 2.20. The van der Waals surface area contributed by atoms with E-state index in [9.17, 15) is 0 Å². The minimum absolute atomic E-state index is 0.402. The summed E-state index contributed by atoms with van der Waals surface area (Å²) in [5.41, 5.74) is 0. The smallest absolute Gasteiger partial charge is 0.321 e. The van der Waals surface area contributed by atoms with E-state index < -0.39 is 0 Å². The summed E-state index contributed by atoms with van der Waals surface area (Å²) in [4.78, 5) is 4.21. The molecule has 0 saturated carbocycles. The van der Waals surface area contributed by atoms with Gasteiger partial charge in [0.25, 0.3) is 0 Å². The maximum Gasteiger partial charge on any atom is 0.321 e. The minimum Gasteiger partial charge on any atom is -0.381 e. The van der Waals surface area contributed by atoms with Crippen molar-refractivity contribution < 1.29 is 9.26 Å².